The molecular weight excluding hydrogens is 439 g/mol. The van der Waals surface area contributed by atoms with Crippen LogP contribution in [0, 0.1) is 0 Å². The van der Waals surface area contributed by atoms with Gasteiger partial charge in [0, 0.05) is 6.61 Å². The number of halogens is 1. The van der Waals surface area contributed by atoms with Crippen LogP contribution in [0.4, 0.5) is 0 Å². The van der Waals surface area contributed by atoms with Crippen LogP contribution in [0.15, 0.2) is 91.0 Å². The molecule has 0 aromatic heterocycles. The Kier molecular flexibility index (Phi) is 10.6. The maximum absolute atomic E-state index is 8.96. The molecule has 0 bridgehead atoms. The van der Waals surface area contributed by atoms with E-state index in [1.807, 2.05) is 0 Å². The molecule has 29 heavy (non-hydrogen) atoms. The van der Waals surface area contributed by atoms with Crippen molar-refractivity contribution in [2.24, 2.45) is 0 Å². The van der Waals surface area contributed by atoms with Crippen LogP contribution in [0.3, 0.4) is 0 Å². The van der Waals surface area contributed by atoms with Crippen molar-refractivity contribution in [3.8, 4) is 0 Å². The van der Waals surface area contributed by atoms with Gasteiger partial charge in [0.1, 0.15) is 23.2 Å². The van der Waals surface area contributed by atoms with Crippen LogP contribution < -0.4 is 15.9 Å². The number of hydrogen-bond acceptors (Lipinski definition) is 1. The van der Waals surface area contributed by atoms with Crippen molar-refractivity contribution in [2.45, 2.75) is 38.5 Å². The minimum absolute atomic E-state index is 0. The molecule has 1 nitrogen and oxygen atoms in total. The van der Waals surface area contributed by atoms with Crippen molar-refractivity contribution in [3.63, 3.8) is 0 Å². The lowest BCUT2D eigenvalue weighted by Gasteiger charge is -2.27. The smallest absolute Gasteiger partial charge is 0.112 e. The average Bonchev–Trinajstić information content (AvgIpc) is 2.78. The predicted octanol–water partition coefficient (Wildman–Crippen LogP) is 5.89. The summed E-state index contributed by atoms with van der Waals surface area (Å²) >= 11 is 0. The van der Waals surface area contributed by atoms with Crippen molar-refractivity contribution in [1.29, 1.82) is 0 Å². The van der Waals surface area contributed by atoms with Gasteiger partial charge in [0.2, 0.25) is 0 Å². The lowest BCUT2D eigenvalue weighted by atomic mass is 10.1. The van der Waals surface area contributed by atoms with Gasteiger partial charge in [0.15, 0.2) is 0 Å². The van der Waals surface area contributed by atoms with Gasteiger partial charge in [0.25, 0.3) is 0 Å². The third-order valence-electron chi connectivity index (χ3n) is 5.49. The van der Waals surface area contributed by atoms with E-state index < -0.39 is 7.26 Å². The molecule has 0 spiro atoms. The lowest BCUT2D eigenvalue weighted by Crippen LogP contribution is -2.33. The zero-order chi connectivity index (χ0) is 19.5. The third-order valence-corrected chi connectivity index (χ3v) is 10.0. The van der Waals surface area contributed by atoms with Crippen LogP contribution in [0.25, 0.3) is 0 Å². The first-order chi connectivity index (χ1) is 13.9. The van der Waals surface area contributed by atoms with Crippen molar-refractivity contribution in [1.82, 2.24) is 0 Å². The Bertz CT molecular complexity index is 696. The minimum atomic E-state index is -1.65. The van der Waals surface area contributed by atoms with Gasteiger partial charge < -0.3 is 5.11 Å². The fourth-order valence-electron chi connectivity index (χ4n) is 4.05. The molecule has 0 aliphatic carbocycles. The number of aliphatic hydroxyl groups is 1. The molecule has 0 heterocycles. The Balaban J connectivity index is 0.00000300. The van der Waals surface area contributed by atoms with E-state index in [1.165, 1.54) is 47.8 Å². The van der Waals surface area contributed by atoms with E-state index in [0.29, 0.717) is 6.61 Å². The largest absolute Gasteiger partial charge is 0.396 e. The lowest BCUT2D eigenvalue weighted by molar-refractivity contribution is 0.282. The number of aliphatic hydroxyl groups excluding tert-OH is 1. The second kappa shape index (κ2) is 13.0. The van der Waals surface area contributed by atoms with Crippen LogP contribution in [0.1, 0.15) is 38.5 Å². The zero-order valence-electron chi connectivity index (χ0n) is 17.1. The molecular formula is C26H33BrOP+. The topological polar surface area (TPSA) is 20.2 Å². The van der Waals surface area contributed by atoms with E-state index in [2.05, 4.69) is 91.0 Å². The van der Waals surface area contributed by atoms with Crippen LogP contribution >= 0.6 is 24.2 Å². The Labute approximate surface area is 187 Å². The third kappa shape index (κ3) is 6.25. The van der Waals surface area contributed by atoms with Gasteiger partial charge in [-0.3, -0.25) is 0 Å². The highest BCUT2D eigenvalue weighted by molar-refractivity contribution is 8.93. The zero-order valence-corrected chi connectivity index (χ0v) is 19.7. The highest BCUT2D eigenvalue weighted by Gasteiger charge is 2.44. The molecule has 0 fully saturated rings. The molecule has 0 saturated carbocycles. The van der Waals surface area contributed by atoms with E-state index >= 15 is 0 Å². The Morgan fingerprint density at radius 1 is 0.483 bits per heavy atom. The van der Waals surface area contributed by atoms with Crippen LogP contribution in [-0.2, 0) is 0 Å². The molecule has 1 N–H and O–H groups in total. The fraction of sp³-hybridized carbons (Fsp3) is 0.308. The van der Waals surface area contributed by atoms with Gasteiger partial charge in [-0.15, -0.1) is 17.0 Å². The van der Waals surface area contributed by atoms with Crippen LogP contribution in [0.5, 0.6) is 0 Å². The van der Waals surface area contributed by atoms with E-state index in [9.17, 15) is 0 Å². The highest BCUT2D eigenvalue weighted by Crippen LogP contribution is 2.55. The molecule has 0 saturated heterocycles. The monoisotopic (exact) mass is 471 g/mol. The molecule has 0 aliphatic heterocycles. The van der Waals surface area contributed by atoms with Gasteiger partial charge in [-0.05, 0) is 55.7 Å². The summed E-state index contributed by atoms with van der Waals surface area (Å²) in [6.45, 7) is 0.324. The summed E-state index contributed by atoms with van der Waals surface area (Å²) < 4.78 is 0. The SMILES string of the molecule is Br.OCCCCCCCC[P+](c1ccccc1)(c1ccccc1)c1ccccc1. The molecule has 0 radical (unpaired) electrons. The molecule has 0 amide bonds. The standard InChI is InChI=1S/C26H32OP.BrH/c27-22-14-3-1-2-4-15-23-28(24-16-8-5-9-17-24,25-18-10-6-11-19-25)26-20-12-7-13-21-26;/h5-13,16-21,27H,1-4,14-15,22-23H2;1H/q+1;. The quantitative estimate of drug-likeness (QED) is 0.273. The molecule has 0 aliphatic rings. The van der Waals surface area contributed by atoms with E-state index in [1.54, 1.807) is 0 Å². The van der Waals surface area contributed by atoms with Crippen molar-refractivity contribution in [3.05, 3.63) is 91.0 Å². The van der Waals surface area contributed by atoms with Gasteiger partial charge in [-0.2, -0.15) is 0 Å². The summed E-state index contributed by atoms with van der Waals surface area (Å²) in [7, 11) is -1.65. The second-order valence-corrected chi connectivity index (χ2v) is 11.0. The Morgan fingerprint density at radius 2 is 0.828 bits per heavy atom. The summed E-state index contributed by atoms with van der Waals surface area (Å²) in [5, 5.41) is 13.4. The van der Waals surface area contributed by atoms with Crippen molar-refractivity contribution < 1.29 is 5.11 Å². The van der Waals surface area contributed by atoms with Crippen molar-refractivity contribution in [2.75, 3.05) is 12.8 Å². The first-order valence-electron chi connectivity index (χ1n) is 10.5. The van der Waals surface area contributed by atoms with Gasteiger partial charge >= 0.3 is 0 Å². The summed E-state index contributed by atoms with van der Waals surface area (Å²) in [6, 6.07) is 33.4. The normalized spacial score (nSPS) is 11.1. The number of rotatable bonds is 11. The van der Waals surface area contributed by atoms with Gasteiger partial charge in [-0.1, -0.05) is 73.9 Å². The number of benzene rings is 3. The summed E-state index contributed by atoms with van der Waals surface area (Å²) in [4.78, 5) is 0. The minimum Gasteiger partial charge on any atom is -0.396 e. The first-order valence-corrected chi connectivity index (χ1v) is 12.5. The fourth-order valence-corrected chi connectivity index (χ4v) is 8.46. The summed E-state index contributed by atoms with van der Waals surface area (Å²) in [5.74, 6) is 0. The molecule has 0 unspecified atom stereocenters. The van der Waals surface area contributed by atoms with Crippen LogP contribution in [-0.4, -0.2) is 17.9 Å². The summed E-state index contributed by atoms with van der Waals surface area (Å²) in [6.07, 6.45) is 8.30. The van der Waals surface area contributed by atoms with E-state index in [-0.39, 0.29) is 17.0 Å². The summed E-state index contributed by atoms with van der Waals surface area (Å²) in [5.41, 5.74) is 0. The molecule has 3 aromatic rings. The Hall–Kier alpha value is -1.47. The number of unbranched alkanes of at least 4 members (excludes halogenated alkanes) is 5. The molecule has 154 valence electrons. The predicted molar refractivity (Wildman–Crippen MR) is 135 cm³/mol. The molecule has 3 rings (SSSR count). The molecule has 3 aromatic carbocycles. The van der Waals surface area contributed by atoms with E-state index in [4.69, 9.17) is 5.11 Å². The molecule has 0 atom stereocenters. The van der Waals surface area contributed by atoms with Crippen molar-refractivity contribution >= 4 is 40.2 Å². The second-order valence-electron chi connectivity index (χ2n) is 7.38. The van der Waals surface area contributed by atoms with Crippen LogP contribution in [0.2, 0.25) is 0 Å². The highest BCUT2D eigenvalue weighted by atomic mass is 79.9. The maximum Gasteiger partial charge on any atom is 0.112 e. The van der Waals surface area contributed by atoms with Gasteiger partial charge in [-0.25, -0.2) is 0 Å². The first kappa shape index (κ1) is 23.8. The average molecular weight is 472 g/mol. The number of hydrogen-bond donors (Lipinski definition) is 1. The Morgan fingerprint density at radius 3 is 1.21 bits per heavy atom. The molecule has 3 heteroatoms. The van der Waals surface area contributed by atoms with Gasteiger partial charge in [0.05, 0.1) is 6.16 Å². The van der Waals surface area contributed by atoms with E-state index in [0.717, 1.165) is 12.8 Å². The maximum atomic E-state index is 8.96.